The van der Waals surface area contributed by atoms with Crippen LogP contribution in [0.2, 0.25) is 0 Å². The van der Waals surface area contributed by atoms with Gasteiger partial charge in [-0.15, -0.1) is 0 Å². The van der Waals surface area contributed by atoms with Crippen LogP contribution in [0, 0.1) is 16.0 Å². The Balaban J connectivity index is 1.46. The molecule has 8 heteroatoms. The third kappa shape index (κ3) is 3.28. The van der Waals surface area contributed by atoms with Gasteiger partial charge in [-0.25, -0.2) is 0 Å². The first-order valence-electron chi connectivity index (χ1n) is 13.9. The maximum Gasteiger partial charge on any atom is 0.326 e. The van der Waals surface area contributed by atoms with Crippen LogP contribution in [-0.4, -0.2) is 40.0 Å². The number of methoxy groups -OCH3 is 1. The Kier molecular flexibility index (Phi) is 5.09. The number of esters is 1. The predicted molar refractivity (Wildman–Crippen MR) is 154 cm³/mol. The zero-order valence-corrected chi connectivity index (χ0v) is 22.4. The van der Waals surface area contributed by atoms with E-state index in [-0.39, 0.29) is 28.5 Å². The van der Waals surface area contributed by atoms with Crippen LogP contribution < -0.4 is 4.74 Å². The summed E-state index contributed by atoms with van der Waals surface area (Å²) in [5, 5.41) is 15.1. The molecule has 3 aliphatic rings. The van der Waals surface area contributed by atoms with Gasteiger partial charge in [-0.05, 0) is 40.5 Å². The van der Waals surface area contributed by atoms with Crippen LogP contribution in [0.3, 0.4) is 0 Å². The Bertz CT molecular complexity index is 1900. The molecule has 5 aromatic rings. The number of non-ortho nitro benzene ring substituents is 1. The Hall–Kier alpha value is -4.69. The maximum atomic E-state index is 14.1. The van der Waals surface area contributed by atoms with Crippen LogP contribution in [0.1, 0.15) is 40.9 Å². The average molecular weight is 546 g/mol. The quantitative estimate of drug-likeness (QED) is 0.164. The lowest BCUT2D eigenvalue weighted by atomic mass is 9.78. The lowest BCUT2D eigenvalue weighted by Gasteiger charge is -2.48. The van der Waals surface area contributed by atoms with Crippen LogP contribution in [0.25, 0.3) is 21.7 Å². The van der Waals surface area contributed by atoms with Gasteiger partial charge in [-0.3, -0.25) is 19.8 Å². The van der Waals surface area contributed by atoms with Crippen molar-refractivity contribution >= 4 is 33.3 Å². The van der Waals surface area contributed by atoms with Gasteiger partial charge in [-0.2, -0.15) is 0 Å². The summed E-state index contributed by atoms with van der Waals surface area (Å²) < 4.78 is 11.9. The van der Waals surface area contributed by atoms with Crippen molar-refractivity contribution in [3.05, 3.63) is 117 Å². The van der Waals surface area contributed by atoms with Crippen molar-refractivity contribution in [2.45, 2.75) is 30.5 Å². The summed E-state index contributed by atoms with van der Waals surface area (Å²) >= 11 is 0. The van der Waals surface area contributed by atoms with Crippen LogP contribution in [-0.2, 0) is 16.0 Å². The molecule has 0 spiro atoms. The third-order valence-corrected chi connectivity index (χ3v) is 9.35. The standard InChI is InChI=1S/C33H27N3O5/c1-40-32(37)33-16-21-18-41-27-14-13-19-7-2-3-10-23(19)28(27)30(21)35(33)31(20-8-6-9-22(15-20)36(38)39)29-25(17-33)24-11-4-5-12-26(24)34-29/h2-15,21,30-31,34H,16-18H2,1H3/t21-,30-,31+,33-/m0/s1. The lowest BCUT2D eigenvalue weighted by molar-refractivity contribution is -0.385. The van der Waals surface area contributed by atoms with Crippen LogP contribution in [0.15, 0.2) is 84.9 Å². The van der Waals surface area contributed by atoms with Crippen molar-refractivity contribution in [3.8, 4) is 5.75 Å². The molecule has 41 heavy (non-hydrogen) atoms. The summed E-state index contributed by atoms with van der Waals surface area (Å²) in [7, 11) is 1.45. The van der Waals surface area contributed by atoms with Gasteiger partial charge in [0.05, 0.1) is 24.7 Å². The molecule has 1 saturated heterocycles. The topological polar surface area (TPSA) is 97.7 Å². The number of aromatic amines is 1. The maximum absolute atomic E-state index is 14.1. The van der Waals surface area contributed by atoms with Gasteiger partial charge in [0.1, 0.15) is 11.3 Å². The van der Waals surface area contributed by atoms with Gasteiger partial charge >= 0.3 is 5.97 Å². The number of nitro groups is 1. The number of nitro benzene ring substituents is 1. The smallest absolute Gasteiger partial charge is 0.326 e. The van der Waals surface area contributed by atoms with Crippen LogP contribution in [0.4, 0.5) is 5.69 Å². The largest absolute Gasteiger partial charge is 0.493 e. The van der Waals surface area contributed by atoms with E-state index in [9.17, 15) is 14.9 Å². The summed E-state index contributed by atoms with van der Waals surface area (Å²) in [6, 6.07) is 26.6. The SMILES string of the molecule is COC(=O)[C@]12Cc3c([nH]c4ccccc34)[C@@H](c3cccc([N+](=O)[O-])c3)N1[C@@H]1c3c(ccc4ccccc34)OC[C@@H]1C2. The Morgan fingerprint density at radius 1 is 1.05 bits per heavy atom. The molecule has 0 radical (unpaired) electrons. The number of carbonyl (C=O) groups is 1. The first-order chi connectivity index (χ1) is 20.0. The Morgan fingerprint density at radius 3 is 2.68 bits per heavy atom. The first kappa shape index (κ1) is 24.1. The van der Waals surface area contributed by atoms with E-state index in [0.717, 1.165) is 49.8 Å². The fourth-order valence-electron chi connectivity index (χ4n) is 7.81. The number of fused-ring (bicyclic) bond motifs is 10. The second kappa shape index (κ2) is 8.65. The van der Waals surface area contributed by atoms with Crippen molar-refractivity contribution in [3.63, 3.8) is 0 Å². The van der Waals surface area contributed by atoms with Gasteiger partial charge < -0.3 is 14.5 Å². The van der Waals surface area contributed by atoms with Crippen molar-refractivity contribution in [2.24, 2.45) is 5.92 Å². The zero-order chi connectivity index (χ0) is 27.9. The number of nitrogens with zero attached hydrogens (tertiary/aromatic N) is 2. The highest BCUT2D eigenvalue weighted by Crippen LogP contribution is 2.61. The van der Waals surface area contributed by atoms with Gasteiger partial charge in [0, 0.05) is 52.7 Å². The van der Waals surface area contributed by atoms with E-state index < -0.39 is 11.6 Å². The average Bonchev–Trinajstić information content (AvgIpc) is 3.55. The molecule has 0 amide bonds. The Morgan fingerprint density at radius 2 is 1.85 bits per heavy atom. The molecule has 1 aromatic heterocycles. The molecule has 0 unspecified atom stereocenters. The summed E-state index contributed by atoms with van der Waals surface area (Å²) in [4.78, 5) is 31.6. The molecule has 204 valence electrons. The van der Waals surface area contributed by atoms with Crippen molar-refractivity contribution in [1.29, 1.82) is 0 Å². The van der Waals surface area contributed by atoms with E-state index in [2.05, 4.69) is 34.1 Å². The second-order valence-corrected chi connectivity index (χ2v) is 11.3. The third-order valence-electron chi connectivity index (χ3n) is 9.35. The number of para-hydroxylation sites is 1. The van der Waals surface area contributed by atoms with Gasteiger partial charge in [0.2, 0.25) is 0 Å². The van der Waals surface area contributed by atoms with E-state index in [0.29, 0.717) is 19.4 Å². The van der Waals surface area contributed by atoms with E-state index >= 15 is 0 Å². The number of ether oxygens (including phenoxy) is 2. The second-order valence-electron chi connectivity index (χ2n) is 11.3. The Labute approximate surface area is 235 Å². The van der Waals surface area contributed by atoms with Crippen molar-refractivity contribution < 1.29 is 19.2 Å². The van der Waals surface area contributed by atoms with E-state index in [1.807, 2.05) is 42.5 Å². The predicted octanol–water partition coefficient (Wildman–Crippen LogP) is 6.24. The molecular weight excluding hydrogens is 518 g/mol. The number of H-pyrrole nitrogens is 1. The number of nitrogens with one attached hydrogen (secondary N) is 1. The number of hydrogen-bond donors (Lipinski definition) is 1. The van der Waals surface area contributed by atoms with E-state index in [1.165, 1.54) is 13.2 Å². The number of hydrogen-bond acceptors (Lipinski definition) is 6. The summed E-state index contributed by atoms with van der Waals surface area (Å²) in [6.45, 7) is 0.474. The molecule has 4 aromatic carbocycles. The zero-order valence-electron chi connectivity index (χ0n) is 22.4. The lowest BCUT2D eigenvalue weighted by Crippen LogP contribution is -2.57. The fraction of sp³-hybridized carbons (Fsp3) is 0.242. The summed E-state index contributed by atoms with van der Waals surface area (Å²) in [5.74, 6) is 0.537. The monoisotopic (exact) mass is 545 g/mol. The van der Waals surface area contributed by atoms with Crippen LogP contribution >= 0.6 is 0 Å². The molecule has 0 aliphatic carbocycles. The number of aromatic nitrogens is 1. The van der Waals surface area contributed by atoms with E-state index in [4.69, 9.17) is 9.47 Å². The van der Waals surface area contributed by atoms with Gasteiger partial charge in [-0.1, -0.05) is 60.7 Å². The molecule has 4 atom stereocenters. The van der Waals surface area contributed by atoms with Gasteiger partial charge in [0.15, 0.2) is 0 Å². The van der Waals surface area contributed by atoms with Gasteiger partial charge in [0.25, 0.3) is 5.69 Å². The normalized spacial score (nSPS) is 24.7. The summed E-state index contributed by atoms with van der Waals surface area (Å²) in [5.41, 5.74) is 3.83. The minimum Gasteiger partial charge on any atom is -0.493 e. The summed E-state index contributed by atoms with van der Waals surface area (Å²) in [6.07, 6.45) is 1.02. The number of benzene rings is 4. The van der Waals surface area contributed by atoms with Crippen molar-refractivity contribution in [1.82, 2.24) is 9.88 Å². The van der Waals surface area contributed by atoms with Crippen molar-refractivity contribution in [2.75, 3.05) is 13.7 Å². The molecule has 3 aliphatic heterocycles. The number of rotatable bonds is 3. The minimum atomic E-state index is -0.987. The molecule has 8 nitrogen and oxygen atoms in total. The molecule has 4 heterocycles. The molecule has 1 fully saturated rings. The highest BCUT2D eigenvalue weighted by molar-refractivity contribution is 5.91. The fourth-order valence-corrected chi connectivity index (χ4v) is 7.81. The molecule has 1 N–H and O–H groups in total. The first-order valence-corrected chi connectivity index (χ1v) is 13.9. The highest BCUT2D eigenvalue weighted by Gasteiger charge is 2.64. The molecule has 8 rings (SSSR count). The molecule has 0 saturated carbocycles. The van der Waals surface area contributed by atoms with Crippen LogP contribution in [0.5, 0.6) is 5.75 Å². The highest BCUT2D eigenvalue weighted by atomic mass is 16.6. The molecule has 0 bridgehead atoms. The van der Waals surface area contributed by atoms with E-state index in [1.54, 1.807) is 12.1 Å². The molecular formula is C33H27N3O5. The number of carbonyl (C=O) groups excluding carboxylic acids is 1. The minimum absolute atomic E-state index is 0.0166.